The van der Waals surface area contributed by atoms with Crippen molar-refractivity contribution in [1.29, 1.82) is 0 Å². The number of hydrogen-bond acceptors (Lipinski definition) is 6. The summed E-state index contributed by atoms with van der Waals surface area (Å²) < 4.78 is 36.2. The molecule has 0 radical (unpaired) electrons. The normalized spacial score (nSPS) is 17.0. The van der Waals surface area contributed by atoms with Crippen molar-refractivity contribution in [2.75, 3.05) is 30.9 Å². The van der Waals surface area contributed by atoms with E-state index in [1.807, 2.05) is 12.1 Å². The second-order valence-corrected chi connectivity index (χ2v) is 13.5. The number of ether oxygens (including phenoxy) is 1. The van der Waals surface area contributed by atoms with E-state index in [0.29, 0.717) is 22.7 Å². The fourth-order valence-electron chi connectivity index (χ4n) is 5.93. The highest BCUT2D eigenvalue weighted by Crippen LogP contribution is 2.32. The van der Waals surface area contributed by atoms with Gasteiger partial charge in [0.1, 0.15) is 5.75 Å². The lowest BCUT2D eigenvalue weighted by Gasteiger charge is -2.53. The van der Waals surface area contributed by atoms with Gasteiger partial charge in [-0.25, -0.2) is 8.42 Å². The SMILES string of the molecule is CCC(NC(=O)c1ccc(S(=O)(=O)Nc2ccccc2Oc2ccc(Br)cc2)cc1)(N1CCCCC1)N1CCCCC1. The summed E-state index contributed by atoms with van der Waals surface area (Å²) in [7, 11) is -3.94. The van der Waals surface area contributed by atoms with E-state index >= 15 is 0 Å². The summed E-state index contributed by atoms with van der Waals surface area (Å²) in [5, 5.41) is 3.40. The van der Waals surface area contributed by atoms with Gasteiger partial charge in [0.05, 0.1) is 10.6 Å². The van der Waals surface area contributed by atoms with Crippen LogP contribution < -0.4 is 14.8 Å². The first-order valence-corrected chi connectivity index (χ1v) is 17.1. The summed E-state index contributed by atoms with van der Waals surface area (Å²) >= 11 is 3.40. The van der Waals surface area contributed by atoms with Crippen LogP contribution in [0.15, 0.2) is 82.2 Å². The van der Waals surface area contributed by atoms with Gasteiger partial charge in [-0.05, 0) is 92.8 Å². The molecule has 5 rings (SSSR count). The first-order valence-electron chi connectivity index (χ1n) is 14.8. The maximum atomic E-state index is 13.6. The number of para-hydroxylation sites is 2. The molecular formula is C32H39BrN4O4S. The molecule has 2 heterocycles. The minimum Gasteiger partial charge on any atom is -0.455 e. The first-order chi connectivity index (χ1) is 20.3. The molecule has 0 spiro atoms. The van der Waals surface area contributed by atoms with Gasteiger partial charge in [-0.1, -0.05) is 47.8 Å². The molecule has 0 atom stereocenters. The summed E-state index contributed by atoms with van der Waals surface area (Å²) in [5.74, 6) is 0.226. The van der Waals surface area contributed by atoms with E-state index in [9.17, 15) is 13.2 Å². The highest BCUT2D eigenvalue weighted by Gasteiger charge is 2.43. The molecule has 224 valence electrons. The number of halogens is 1. The van der Waals surface area contributed by atoms with Crippen LogP contribution >= 0.6 is 15.9 Å². The van der Waals surface area contributed by atoms with Crippen LogP contribution in [0.2, 0.25) is 0 Å². The molecule has 0 unspecified atom stereocenters. The fraction of sp³-hybridized carbons (Fsp3) is 0.406. The van der Waals surface area contributed by atoms with Gasteiger partial charge >= 0.3 is 0 Å². The quantitative estimate of drug-likeness (QED) is 0.250. The number of likely N-dealkylation sites (tertiary alicyclic amines) is 2. The van der Waals surface area contributed by atoms with Crippen molar-refractivity contribution in [3.05, 3.63) is 82.8 Å². The number of amides is 1. The lowest BCUT2D eigenvalue weighted by molar-refractivity contribution is -0.0970. The molecule has 2 aliphatic heterocycles. The maximum absolute atomic E-state index is 13.6. The zero-order chi connectivity index (χ0) is 29.6. The Morgan fingerprint density at radius 2 is 1.40 bits per heavy atom. The molecule has 0 saturated carbocycles. The average Bonchev–Trinajstić information content (AvgIpc) is 3.02. The number of nitrogens with one attached hydrogen (secondary N) is 2. The Hall–Kier alpha value is -2.92. The van der Waals surface area contributed by atoms with E-state index in [1.54, 1.807) is 48.5 Å². The third kappa shape index (κ3) is 6.99. The van der Waals surface area contributed by atoms with Crippen molar-refractivity contribution in [3.8, 4) is 11.5 Å². The third-order valence-electron chi connectivity index (χ3n) is 8.16. The number of sulfonamides is 1. The number of benzene rings is 3. The first kappa shape index (κ1) is 30.5. The molecule has 3 aromatic rings. The Labute approximate surface area is 257 Å². The summed E-state index contributed by atoms with van der Waals surface area (Å²) in [6, 6.07) is 20.3. The molecule has 42 heavy (non-hydrogen) atoms. The van der Waals surface area contributed by atoms with Gasteiger partial charge in [-0.3, -0.25) is 19.3 Å². The molecule has 2 saturated heterocycles. The van der Waals surface area contributed by atoms with Gasteiger partial charge in [-0.15, -0.1) is 0 Å². The van der Waals surface area contributed by atoms with Gasteiger partial charge in [0.15, 0.2) is 11.5 Å². The zero-order valence-corrected chi connectivity index (χ0v) is 26.4. The maximum Gasteiger partial charge on any atom is 0.262 e. The largest absolute Gasteiger partial charge is 0.455 e. The molecule has 2 fully saturated rings. The van der Waals surface area contributed by atoms with Gasteiger partial charge in [0.25, 0.3) is 15.9 Å². The molecule has 2 aliphatic rings. The van der Waals surface area contributed by atoms with Crippen molar-refractivity contribution >= 4 is 37.5 Å². The molecule has 0 aromatic heterocycles. The lowest BCUT2D eigenvalue weighted by Crippen LogP contribution is -2.71. The van der Waals surface area contributed by atoms with E-state index in [4.69, 9.17) is 4.74 Å². The summed E-state index contributed by atoms with van der Waals surface area (Å²) in [5.41, 5.74) is 0.748. The van der Waals surface area contributed by atoms with E-state index in [1.165, 1.54) is 25.0 Å². The summed E-state index contributed by atoms with van der Waals surface area (Å²) in [4.78, 5) is 18.6. The molecule has 8 nitrogen and oxygen atoms in total. The number of nitrogens with zero attached hydrogens (tertiary/aromatic N) is 2. The Balaban J connectivity index is 1.32. The van der Waals surface area contributed by atoms with E-state index < -0.39 is 15.8 Å². The van der Waals surface area contributed by atoms with Crippen LogP contribution in [-0.4, -0.2) is 56.1 Å². The van der Waals surface area contributed by atoms with Gasteiger partial charge in [0, 0.05) is 36.2 Å². The van der Waals surface area contributed by atoms with Crippen LogP contribution in [0.4, 0.5) is 5.69 Å². The smallest absolute Gasteiger partial charge is 0.262 e. The van der Waals surface area contributed by atoms with Crippen LogP contribution in [-0.2, 0) is 10.0 Å². The Kier molecular flexibility index (Phi) is 9.88. The molecule has 10 heteroatoms. The van der Waals surface area contributed by atoms with Crippen molar-refractivity contribution < 1.29 is 17.9 Å². The second kappa shape index (κ2) is 13.6. The molecular weight excluding hydrogens is 616 g/mol. The summed E-state index contributed by atoms with van der Waals surface area (Å²) in [6.07, 6.45) is 7.72. The van der Waals surface area contributed by atoms with Crippen LogP contribution in [0.5, 0.6) is 11.5 Å². The monoisotopic (exact) mass is 654 g/mol. The predicted molar refractivity (Wildman–Crippen MR) is 169 cm³/mol. The van der Waals surface area contributed by atoms with E-state index in [-0.39, 0.29) is 10.8 Å². The minimum atomic E-state index is -3.94. The van der Waals surface area contributed by atoms with Crippen molar-refractivity contribution in [3.63, 3.8) is 0 Å². The number of carbonyl (C=O) groups excluding carboxylic acids is 1. The average molecular weight is 656 g/mol. The number of hydrogen-bond donors (Lipinski definition) is 2. The van der Waals surface area contributed by atoms with Crippen LogP contribution in [0.25, 0.3) is 0 Å². The van der Waals surface area contributed by atoms with Crippen molar-refractivity contribution in [1.82, 2.24) is 15.1 Å². The van der Waals surface area contributed by atoms with Gasteiger partial charge in [-0.2, -0.15) is 0 Å². The Morgan fingerprint density at radius 1 is 0.833 bits per heavy atom. The summed E-state index contributed by atoms with van der Waals surface area (Å²) in [6.45, 7) is 5.98. The number of piperidine rings is 2. The Bertz CT molecular complexity index is 1430. The lowest BCUT2D eigenvalue weighted by atomic mass is 10.0. The highest BCUT2D eigenvalue weighted by atomic mass is 79.9. The van der Waals surface area contributed by atoms with Crippen LogP contribution in [0.3, 0.4) is 0 Å². The topological polar surface area (TPSA) is 91.0 Å². The fourth-order valence-corrected chi connectivity index (χ4v) is 7.27. The molecule has 0 aliphatic carbocycles. The Morgan fingerprint density at radius 3 is 1.98 bits per heavy atom. The van der Waals surface area contributed by atoms with Crippen molar-refractivity contribution in [2.24, 2.45) is 0 Å². The number of carbonyl (C=O) groups is 1. The molecule has 2 N–H and O–H groups in total. The van der Waals surface area contributed by atoms with E-state index in [2.05, 4.69) is 42.7 Å². The number of anilines is 1. The number of rotatable bonds is 10. The molecule has 0 bridgehead atoms. The van der Waals surface area contributed by atoms with Crippen LogP contribution in [0, 0.1) is 0 Å². The van der Waals surface area contributed by atoms with Crippen LogP contribution in [0.1, 0.15) is 62.2 Å². The van der Waals surface area contributed by atoms with Gasteiger partial charge < -0.3 is 10.1 Å². The zero-order valence-electron chi connectivity index (χ0n) is 24.0. The highest BCUT2D eigenvalue weighted by molar-refractivity contribution is 9.10. The van der Waals surface area contributed by atoms with E-state index in [0.717, 1.165) is 62.8 Å². The standard InChI is InChI=1S/C32H39BrN4O4S/c1-2-32(36-21-7-3-8-22-36,37-23-9-4-10-24-37)34-31(38)25-13-19-28(20-14-25)42(39,40)35-29-11-5-6-12-30(29)41-27-17-15-26(33)16-18-27/h5-6,11-20,35H,2-4,7-10,21-24H2,1H3,(H,34,38). The third-order valence-corrected chi connectivity index (χ3v) is 10.1. The molecule has 3 aromatic carbocycles. The predicted octanol–water partition coefficient (Wildman–Crippen LogP) is 6.81. The molecule has 1 amide bonds. The van der Waals surface area contributed by atoms with Crippen molar-refractivity contribution in [2.45, 2.75) is 62.6 Å². The van der Waals surface area contributed by atoms with Gasteiger partial charge in [0.2, 0.25) is 0 Å². The second-order valence-electron chi connectivity index (χ2n) is 10.9. The minimum absolute atomic E-state index is 0.0614.